The molecule has 0 unspecified atom stereocenters. The summed E-state index contributed by atoms with van der Waals surface area (Å²) in [5.41, 5.74) is 6.90. The predicted molar refractivity (Wildman–Crippen MR) is 75.3 cm³/mol. The first-order valence-corrected chi connectivity index (χ1v) is 6.71. The van der Waals surface area contributed by atoms with E-state index in [0.717, 1.165) is 30.6 Å². The van der Waals surface area contributed by atoms with Crippen molar-refractivity contribution >= 4 is 11.6 Å². The summed E-state index contributed by atoms with van der Waals surface area (Å²) in [6.07, 6.45) is 5.86. The molecule has 1 fully saturated rings. The first-order chi connectivity index (χ1) is 9.75. The molecular formula is C14H17N5O. The second-order valence-electron chi connectivity index (χ2n) is 5.15. The maximum absolute atomic E-state index is 12.4. The average Bonchev–Trinajstić information content (AvgIpc) is 2.92. The largest absolute Gasteiger partial charge is 0.329 e. The number of hydrogen-bond acceptors (Lipinski definition) is 4. The quantitative estimate of drug-likeness (QED) is 0.878. The van der Waals surface area contributed by atoms with Gasteiger partial charge in [0.1, 0.15) is 12.7 Å². The Bertz CT molecular complexity index is 598. The number of hydrogen-bond donors (Lipinski definition) is 2. The van der Waals surface area contributed by atoms with E-state index in [1.807, 2.05) is 24.3 Å². The average molecular weight is 271 g/mol. The predicted octanol–water partition coefficient (Wildman–Crippen LogP) is 1.33. The van der Waals surface area contributed by atoms with E-state index in [4.69, 9.17) is 5.73 Å². The number of nitrogens with zero attached hydrogens (tertiary/aromatic N) is 3. The van der Waals surface area contributed by atoms with Gasteiger partial charge in [-0.3, -0.25) is 4.79 Å². The summed E-state index contributed by atoms with van der Waals surface area (Å²) in [7, 11) is 0. The van der Waals surface area contributed by atoms with Crippen LogP contribution in [-0.2, 0) is 4.79 Å². The van der Waals surface area contributed by atoms with Crippen molar-refractivity contribution in [1.29, 1.82) is 0 Å². The SMILES string of the molecule is NCC1(C(=O)Nc2ccccc2-n2cncn2)CCC1. The van der Waals surface area contributed by atoms with E-state index in [1.165, 1.54) is 6.33 Å². The molecule has 1 amide bonds. The fourth-order valence-corrected chi connectivity index (χ4v) is 2.49. The number of nitrogens with two attached hydrogens (primary N) is 1. The number of anilines is 1. The van der Waals surface area contributed by atoms with Crippen LogP contribution in [0.3, 0.4) is 0 Å². The maximum atomic E-state index is 12.4. The van der Waals surface area contributed by atoms with Crippen LogP contribution < -0.4 is 11.1 Å². The van der Waals surface area contributed by atoms with Gasteiger partial charge in [-0.05, 0) is 25.0 Å². The Hall–Kier alpha value is -2.21. The van der Waals surface area contributed by atoms with E-state index in [-0.39, 0.29) is 5.91 Å². The third-order valence-electron chi connectivity index (χ3n) is 4.00. The molecule has 1 heterocycles. The van der Waals surface area contributed by atoms with Gasteiger partial charge in [0.2, 0.25) is 5.91 Å². The summed E-state index contributed by atoms with van der Waals surface area (Å²) in [5, 5.41) is 7.09. The Morgan fingerprint density at radius 3 is 2.80 bits per heavy atom. The Morgan fingerprint density at radius 2 is 2.20 bits per heavy atom. The van der Waals surface area contributed by atoms with Gasteiger partial charge in [-0.25, -0.2) is 9.67 Å². The smallest absolute Gasteiger partial charge is 0.231 e. The molecule has 3 rings (SSSR count). The Labute approximate surface area is 117 Å². The summed E-state index contributed by atoms with van der Waals surface area (Å²) in [6.45, 7) is 0.393. The number of benzene rings is 1. The van der Waals surface area contributed by atoms with Crippen molar-refractivity contribution in [2.75, 3.05) is 11.9 Å². The zero-order valence-corrected chi connectivity index (χ0v) is 11.1. The standard InChI is InChI=1S/C14H17N5O/c15-8-14(6-3-7-14)13(20)18-11-4-1-2-5-12(11)19-10-16-9-17-19/h1-2,4-5,9-10H,3,6-8,15H2,(H,18,20). The van der Waals surface area contributed by atoms with Gasteiger partial charge in [-0.1, -0.05) is 18.6 Å². The molecule has 0 bridgehead atoms. The fraction of sp³-hybridized carbons (Fsp3) is 0.357. The van der Waals surface area contributed by atoms with Gasteiger partial charge in [0, 0.05) is 6.54 Å². The monoisotopic (exact) mass is 271 g/mol. The lowest BCUT2D eigenvalue weighted by Gasteiger charge is -2.39. The van der Waals surface area contributed by atoms with Gasteiger partial charge >= 0.3 is 0 Å². The van der Waals surface area contributed by atoms with Crippen molar-refractivity contribution in [3.05, 3.63) is 36.9 Å². The highest BCUT2D eigenvalue weighted by atomic mass is 16.2. The number of rotatable bonds is 4. The van der Waals surface area contributed by atoms with Crippen LogP contribution in [0, 0.1) is 5.41 Å². The van der Waals surface area contributed by atoms with Crippen LogP contribution in [0.5, 0.6) is 0 Å². The molecule has 0 radical (unpaired) electrons. The molecule has 0 spiro atoms. The number of carbonyl (C=O) groups excluding carboxylic acids is 1. The minimum absolute atomic E-state index is 0.00110. The van der Waals surface area contributed by atoms with Crippen LogP contribution in [0.25, 0.3) is 5.69 Å². The topological polar surface area (TPSA) is 85.8 Å². The van der Waals surface area contributed by atoms with Crippen LogP contribution in [-0.4, -0.2) is 27.2 Å². The van der Waals surface area contributed by atoms with Gasteiger partial charge in [-0.15, -0.1) is 0 Å². The van der Waals surface area contributed by atoms with E-state index in [1.54, 1.807) is 11.0 Å². The molecule has 1 saturated carbocycles. The van der Waals surface area contributed by atoms with Gasteiger partial charge in [0.15, 0.2) is 0 Å². The maximum Gasteiger partial charge on any atom is 0.231 e. The van der Waals surface area contributed by atoms with Crippen molar-refractivity contribution in [3.8, 4) is 5.69 Å². The highest BCUT2D eigenvalue weighted by Crippen LogP contribution is 2.41. The highest BCUT2D eigenvalue weighted by molar-refractivity contribution is 5.97. The highest BCUT2D eigenvalue weighted by Gasteiger charge is 2.42. The van der Waals surface area contributed by atoms with Crippen molar-refractivity contribution in [3.63, 3.8) is 0 Å². The van der Waals surface area contributed by atoms with Crippen molar-refractivity contribution in [2.45, 2.75) is 19.3 Å². The lowest BCUT2D eigenvalue weighted by molar-refractivity contribution is -0.129. The molecule has 0 aliphatic heterocycles. The van der Waals surface area contributed by atoms with Crippen LogP contribution in [0.4, 0.5) is 5.69 Å². The Morgan fingerprint density at radius 1 is 1.40 bits per heavy atom. The minimum atomic E-state index is -0.393. The molecule has 6 nitrogen and oxygen atoms in total. The molecule has 1 aromatic carbocycles. The molecule has 20 heavy (non-hydrogen) atoms. The van der Waals surface area contributed by atoms with Crippen molar-refractivity contribution in [1.82, 2.24) is 14.8 Å². The first kappa shape index (κ1) is 12.8. The Balaban J connectivity index is 1.86. The fourth-order valence-electron chi connectivity index (χ4n) is 2.49. The van der Waals surface area contributed by atoms with E-state index < -0.39 is 5.41 Å². The molecule has 0 saturated heterocycles. The van der Waals surface area contributed by atoms with Crippen LogP contribution in [0.15, 0.2) is 36.9 Å². The molecule has 6 heteroatoms. The zero-order valence-electron chi connectivity index (χ0n) is 11.1. The van der Waals surface area contributed by atoms with Crippen LogP contribution in [0.1, 0.15) is 19.3 Å². The lowest BCUT2D eigenvalue weighted by Crippen LogP contribution is -2.47. The molecule has 3 N–H and O–H groups in total. The molecule has 1 aliphatic rings. The molecule has 2 aromatic rings. The van der Waals surface area contributed by atoms with Crippen LogP contribution >= 0.6 is 0 Å². The number of aromatic nitrogens is 3. The summed E-state index contributed by atoms with van der Waals surface area (Å²) in [4.78, 5) is 16.4. The summed E-state index contributed by atoms with van der Waals surface area (Å²) in [5.74, 6) is -0.00110. The second-order valence-corrected chi connectivity index (χ2v) is 5.15. The third kappa shape index (κ3) is 2.08. The van der Waals surface area contributed by atoms with E-state index in [9.17, 15) is 4.79 Å². The van der Waals surface area contributed by atoms with Gasteiger partial charge in [0.05, 0.1) is 16.8 Å². The number of para-hydroxylation sites is 2. The number of amides is 1. The molecular weight excluding hydrogens is 254 g/mol. The van der Waals surface area contributed by atoms with Gasteiger partial charge < -0.3 is 11.1 Å². The van der Waals surface area contributed by atoms with E-state index in [0.29, 0.717) is 6.54 Å². The number of carbonyl (C=O) groups is 1. The Kier molecular flexibility index (Phi) is 3.23. The van der Waals surface area contributed by atoms with Crippen molar-refractivity contribution < 1.29 is 4.79 Å². The first-order valence-electron chi connectivity index (χ1n) is 6.71. The second kappa shape index (κ2) is 5.05. The summed E-state index contributed by atoms with van der Waals surface area (Å²) < 4.78 is 1.63. The van der Waals surface area contributed by atoms with E-state index in [2.05, 4.69) is 15.4 Å². The molecule has 104 valence electrons. The molecule has 1 aromatic heterocycles. The lowest BCUT2D eigenvalue weighted by atomic mass is 9.68. The van der Waals surface area contributed by atoms with E-state index >= 15 is 0 Å². The zero-order chi connectivity index (χ0) is 14.0. The normalized spacial score (nSPS) is 16.4. The number of nitrogens with one attached hydrogen (secondary N) is 1. The minimum Gasteiger partial charge on any atom is -0.329 e. The van der Waals surface area contributed by atoms with Gasteiger partial charge in [-0.2, -0.15) is 5.10 Å². The van der Waals surface area contributed by atoms with Crippen molar-refractivity contribution in [2.24, 2.45) is 11.1 Å². The van der Waals surface area contributed by atoms with Crippen LogP contribution in [0.2, 0.25) is 0 Å². The molecule has 1 aliphatic carbocycles. The third-order valence-corrected chi connectivity index (χ3v) is 4.00. The molecule has 0 atom stereocenters. The summed E-state index contributed by atoms with van der Waals surface area (Å²) in [6, 6.07) is 7.53. The van der Waals surface area contributed by atoms with Gasteiger partial charge in [0.25, 0.3) is 0 Å². The summed E-state index contributed by atoms with van der Waals surface area (Å²) >= 11 is 0.